The van der Waals surface area contributed by atoms with E-state index in [4.69, 9.17) is 16.3 Å². The van der Waals surface area contributed by atoms with Gasteiger partial charge in [-0.1, -0.05) is 11.6 Å². The summed E-state index contributed by atoms with van der Waals surface area (Å²) in [5.74, 6) is 0.248. The number of hydrogen-bond donors (Lipinski definition) is 2. The quantitative estimate of drug-likeness (QED) is 0.909. The summed E-state index contributed by atoms with van der Waals surface area (Å²) in [6, 6.07) is 5.00. The van der Waals surface area contributed by atoms with E-state index in [0.717, 1.165) is 0 Å². The van der Waals surface area contributed by atoms with E-state index < -0.39 is 0 Å². The highest BCUT2D eigenvalue weighted by Crippen LogP contribution is 2.27. The molecule has 0 saturated heterocycles. The number of nitrogens with one attached hydrogen (secondary N) is 2. The number of benzene rings is 1. The molecule has 1 amide bonds. The lowest BCUT2D eigenvalue weighted by Crippen LogP contribution is -2.13. The van der Waals surface area contributed by atoms with Crippen LogP contribution in [-0.4, -0.2) is 23.2 Å². The zero-order chi connectivity index (χ0) is 13.1. The second kappa shape index (κ2) is 5.41. The first-order valence-electron chi connectivity index (χ1n) is 4.95. The molecule has 0 atom stereocenters. The number of carbonyl (C=O) groups excluding carboxylic acids is 1. The molecule has 18 heavy (non-hydrogen) atoms. The highest BCUT2D eigenvalue weighted by molar-refractivity contribution is 9.10. The summed E-state index contributed by atoms with van der Waals surface area (Å²) in [6.45, 7) is 0. The number of anilines is 1. The Balaban J connectivity index is 2.17. The van der Waals surface area contributed by atoms with Gasteiger partial charge in [-0.3, -0.25) is 9.89 Å². The van der Waals surface area contributed by atoms with Crippen molar-refractivity contribution in [3.05, 3.63) is 39.6 Å². The first-order chi connectivity index (χ1) is 8.61. The van der Waals surface area contributed by atoms with Crippen LogP contribution < -0.4 is 10.1 Å². The van der Waals surface area contributed by atoms with Crippen molar-refractivity contribution in [2.45, 2.75) is 0 Å². The standard InChI is InChI=1S/C11H9BrClN3O2/c1-18-9-3-2-6(4-8(9)13)15-11(17)10-7(12)5-14-16-10/h2-5H,1H3,(H,14,16)(H,15,17). The second-order valence-electron chi connectivity index (χ2n) is 3.40. The number of methoxy groups -OCH3 is 1. The third kappa shape index (κ3) is 2.65. The molecule has 0 fully saturated rings. The van der Waals surface area contributed by atoms with E-state index in [1.54, 1.807) is 18.2 Å². The molecule has 0 spiro atoms. The predicted molar refractivity (Wildman–Crippen MR) is 72.2 cm³/mol. The SMILES string of the molecule is COc1ccc(NC(=O)c2[nH]ncc2Br)cc1Cl. The third-order valence-corrected chi connectivity index (χ3v) is 3.13. The molecule has 1 aromatic heterocycles. The zero-order valence-electron chi connectivity index (χ0n) is 9.33. The van der Waals surface area contributed by atoms with Gasteiger partial charge in [0.15, 0.2) is 0 Å². The van der Waals surface area contributed by atoms with Gasteiger partial charge in [-0.05, 0) is 34.1 Å². The smallest absolute Gasteiger partial charge is 0.274 e. The van der Waals surface area contributed by atoms with Crippen LogP contribution in [0.25, 0.3) is 0 Å². The Labute approximate surface area is 117 Å². The number of rotatable bonds is 3. The minimum absolute atomic E-state index is 0.305. The molecule has 7 heteroatoms. The summed E-state index contributed by atoms with van der Waals surface area (Å²) < 4.78 is 5.62. The Morgan fingerprint density at radius 1 is 1.56 bits per heavy atom. The molecule has 5 nitrogen and oxygen atoms in total. The molecule has 0 unspecified atom stereocenters. The zero-order valence-corrected chi connectivity index (χ0v) is 11.7. The van der Waals surface area contributed by atoms with E-state index in [2.05, 4.69) is 31.4 Å². The van der Waals surface area contributed by atoms with E-state index >= 15 is 0 Å². The van der Waals surface area contributed by atoms with Gasteiger partial charge in [0.25, 0.3) is 5.91 Å². The highest BCUT2D eigenvalue weighted by atomic mass is 79.9. The van der Waals surface area contributed by atoms with Gasteiger partial charge in [0, 0.05) is 5.69 Å². The number of hydrogen-bond acceptors (Lipinski definition) is 3. The average molecular weight is 331 g/mol. The molecule has 0 bridgehead atoms. The van der Waals surface area contributed by atoms with Crippen LogP contribution in [0.5, 0.6) is 5.75 Å². The number of aromatic amines is 1. The van der Waals surface area contributed by atoms with Crippen LogP contribution in [0.15, 0.2) is 28.9 Å². The normalized spacial score (nSPS) is 10.2. The van der Waals surface area contributed by atoms with Crippen molar-refractivity contribution >= 4 is 39.1 Å². The fourth-order valence-corrected chi connectivity index (χ4v) is 2.00. The predicted octanol–water partition coefficient (Wildman–Crippen LogP) is 3.09. The van der Waals surface area contributed by atoms with E-state index in [1.165, 1.54) is 13.3 Å². The van der Waals surface area contributed by atoms with Crippen molar-refractivity contribution in [2.75, 3.05) is 12.4 Å². The van der Waals surface area contributed by atoms with Gasteiger partial charge in [-0.2, -0.15) is 5.10 Å². The summed E-state index contributed by atoms with van der Waals surface area (Å²) in [5, 5.41) is 9.47. The lowest BCUT2D eigenvalue weighted by Gasteiger charge is -2.07. The largest absolute Gasteiger partial charge is 0.495 e. The number of nitrogens with zero attached hydrogens (tertiary/aromatic N) is 1. The number of ether oxygens (including phenoxy) is 1. The molecule has 2 N–H and O–H groups in total. The molecule has 0 aliphatic carbocycles. The molecular formula is C11H9BrClN3O2. The minimum atomic E-state index is -0.305. The summed E-state index contributed by atoms with van der Waals surface area (Å²) in [6.07, 6.45) is 1.51. The number of aromatic nitrogens is 2. The Morgan fingerprint density at radius 2 is 2.33 bits per heavy atom. The Kier molecular flexibility index (Phi) is 3.88. The van der Waals surface area contributed by atoms with Crippen LogP contribution >= 0.6 is 27.5 Å². The summed E-state index contributed by atoms with van der Waals surface area (Å²) >= 11 is 9.18. The Hall–Kier alpha value is -1.53. The first kappa shape index (κ1) is 12.9. The number of amides is 1. The topological polar surface area (TPSA) is 67.0 Å². The molecule has 0 radical (unpaired) electrons. The van der Waals surface area contributed by atoms with Crippen molar-refractivity contribution in [1.82, 2.24) is 10.2 Å². The molecule has 2 aromatic rings. The number of H-pyrrole nitrogens is 1. The molecular weight excluding hydrogens is 321 g/mol. The molecule has 0 aliphatic rings. The maximum atomic E-state index is 11.9. The fraction of sp³-hybridized carbons (Fsp3) is 0.0909. The summed E-state index contributed by atoms with van der Waals surface area (Å²) in [5.41, 5.74) is 0.925. The fourth-order valence-electron chi connectivity index (χ4n) is 1.37. The van der Waals surface area contributed by atoms with Crippen molar-refractivity contribution in [3.63, 3.8) is 0 Å². The number of halogens is 2. The molecule has 1 heterocycles. The molecule has 1 aromatic carbocycles. The van der Waals surface area contributed by atoms with E-state index in [0.29, 0.717) is 26.6 Å². The van der Waals surface area contributed by atoms with Gasteiger partial charge in [0.05, 0.1) is 22.8 Å². The Bertz CT molecular complexity index is 585. The third-order valence-electron chi connectivity index (χ3n) is 2.23. The van der Waals surface area contributed by atoms with Crippen LogP contribution in [0.2, 0.25) is 5.02 Å². The van der Waals surface area contributed by atoms with Gasteiger partial charge in [0.1, 0.15) is 11.4 Å². The average Bonchev–Trinajstić information content (AvgIpc) is 2.76. The molecule has 94 valence electrons. The van der Waals surface area contributed by atoms with Gasteiger partial charge < -0.3 is 10.1 Å². The van der Waals surface area contributed by atoms with Crippen LogP contribution in [0.1, 0.15) is 10.5 Å². The minimum Gasteiger partial charge on any atom is -0.495 e. The van der Waals surface area contributed by atoms with E-state index in [9.17, 15) is 4.79 Å². The highest BCUT2D eigenvalue weighted by Gasteiger charge is 2.12. The van der Waals surface area contributed by atoms with Crippen molar-refractivity contribution in [3.8, 4) is 5.75 Å². The van der Waals surface area contributed by atoms with E-state index in [1.807, 2.05) is 0 Å². The monoisotopic (exact) mass is 329 g/mol. The summed E-state index contributed by atoms with van der Waals surface area (Å²) in [4.78, 5) is 11.9. The van der Waals surface area contributed by atoms with Gasteiger partial charge >= 0.3 is 0 Å². The van der Waals surface area contributed by atoms with Crippen molar-refractivity contribution < 1.29 is 9.53 Å². The first-order valence-corrected chi connectivity index (χ1v) is 6.12. The lowest BCUT2D eigenvalue weighted by molar-refractivity contribution is 0.102. The Morgan fingerprint density at radius 3 is 2.89 bits per heavy atom. The number of carbonyl (C=O) groups is 1. The molecule has 0 saturated carbocycles. The van der Waals surface area contributed by atoms with Crippen LogP contribution in [0.4, 0.5) is 5.69 Å². The van der Waals surface area contributed by atoms with Crippen LogP contribution in [0.3, 0.4) is 0 Å². The maximum Gasteiger partial charge on any atom is 0.274 e. The van der Waals surface area contributed by atoms with Crippen molar-refractivity contribution in [1.29, 1.82) is 0 Å². The van der Waals surface area contributed by atoms with Crippen LogP contribution in [0, 0.1) is 0 Å². The second-order valence-corrected chi connectivity index (χ2v) is 4.66. The lowest BCUT2D eigenvalue weighted by atomic mass is 10.3. The van der Waals surface area contributed by atoms with Gasteiger partial charge in [-0.25, -0.2) is 0 Å². The molecule has 0 aliphatic heterocycles. The van der Waals surface area contributed by atoms with Crippen LogP contribution in [-0.2, 0) is 0 Å². The summed E-state index contributed by atoms with van der Waals surface area (Å²) in [7, 11) is 1.53. The van der Waals surface area contributed by atoms with Gasteiger partial charge in [-0.15, -0.1) is 0 Å². The van der Waals surface area contributed by atoms with Crippen molar-refractivity contribution in [2.24, 2.45) is 0 Å². The van der Waals surface area contributed by atoms with E-state index in [-0.39, 0.29) is 5.91 Å². The maximum absolute atomic E-state index is 11.9. The molecule has 2 rings (SSSR count). The van der Waals surface area contributed by atoms with Gasteiger partial charge in [0.2, 0.25) is 0 Å².